The standard InChI is InChI=1S/C14H16O4/c1-17-12-6-5-10(7-13(12)18-2)11(8-14(15)16)9-3-4-9/h5-9H,3-4H2,1-2H3,(H,15,16)/b11-8-. The number of carboxylic acids is 1. The Kier molecular flexibility index (Phi) is 3.55. The summed E-state index contributed by atoms with van der Waals surface area (Å²) in [5.74, 6) is 0.713. The number of carbonyl (C=O) groups is 1. The van der Waals surface area contributed by atoms with Gasteiger partial charge in [-0.25, -0.2) is 4.79 Å². The van der Waals surface area contributed by atoms with Crippen molar-refractivity contribution >= 4 is 11.5 Å². The molecule has 96 valence electrons. The van der Waals surface area contributed by atoms with Crippen LogP contribution in [0.4, 0.5) is 0 Å². The van der Waals surface area contributed by atoms with Crippen molar-refractivity contribution in [3.63, 3.8) is 0 Å². The van der Waals surface area contributed by atoms with Gasteiger partial charge in [-0.05, 0) is 42.0 Å². The Bertz CT molecular complexity index is 487. The normalized spacial score (nSPS) is 15.3. The Balaban J connectivity index is 2.39. The van der Waals surface area contributed by atoms with Crippen LogP contribution >= 0.6 is 0 Å². The molecular weight excluding hydrogens is 232 g/mol. The van der Waals surface area contributed by atoms with Gasteiger partial charge in [-0.15, -0.1) is 0 Å². The van der Waals surface area contributed by atoms with E-state index < -0.39 is 5.97 Å². The molecule has 0 bridgehead atoms. The highest BCUT2D eigenvalue weighted by Gasteiger charge is 2.28. The van der Waals surface area contributed by atoms with Gasteiger partial charge < -0.3 is 14.6 Å². The third-order valence-electron chi connectivity index (χ3n) is 3.01. The van der Waals surface area contributed by atoms with Crippen molar-refractivity contribution in [3.05, 3.63) is 29.8 Å². The van der Waals surface area contributed by atoms with Crippen LogP contribution < -0.4 is 9.47 Å². The quantitative estimate of drug-likeness (QED) is 0.814. The number of aliphatic carboxylic acids is 1. The molecule has 0 heterocycles. The third-order valence-corrected chi connectivity index (χ3v) is 3.01. The van der Waals surface area contributed by atoms with Crippen LogP contribution in [0, 0.1) is 5.92 Å². The molecule has 0 amide bonds. The molecule has 1 fully saturated rings. The fourth-order valence-electron chi connectivity index (χ4n) is 1.98. The number of allylic oxidation sites excluding steroid dienone is 1. The molecule has 0 spiro atoms. The summed E-state index contributed by atoms with van der Waals surface area (Å²) in [6.45, 7) is 0. The number of ether oxygens (including phenoxy) is 2. The molecule has 1 aromatic carbocycles. The predicted octanol–water partition coefficient (Wildman–Crippen LogP) is 2.58. The van der Waals surface area contributed by atoms with Crippen molar-refractivity contribution in [2.24, 2.45) is 5.92 Å². The second-order valence-electron chi connectivity index (χ2n) is 4.28. The summed E-state index contributed by atoms with van der Waals surface area (Å²) >= 11 is 0. The van der Waals surface area contributed by atoms with Gasteiger partial charge in [-0.1, -0.05) is 6.07 Å². The van der Waals surface area contributed by atoms with Gasteiger partial charge >= 0.3 is 5.97 Å². The summed E-state index contributed by atoms with van der Waals surface area (Å²) in [6.07, 6.45) is 3.39. The van der Waals surface area contributed by atoms with Gasteiger partial charge in [0, 0.05) is 6.08 Å². The highest BCUT2D eigenvalue weighted by Crippen LogP contribution is 2.43. The molecule has 0 aromatic heterocycles. The Morgan fingerprint density at radius 2 is 1.94 bits per heavy atom. The van der Waals surface area contributed by atoms with Gasteiger partial charge in [0.1, 0.15) is 0 Å². The van der Waals surface area contributed by atoms with Crippen molar-refractivity contribution in [3.8, 4) is 11.5 Å². The van der Waals surface area contributed by atoms with Crippen molar-refractivity contribution in [1.29, 1.82) is 0 Å². The summed E-state index contributed by atoms with van der Waals surface area (Å²) in [5.41, 5.74) is 1.75. The van der Waals surface area contributed by atoms with Crippen LogP contribution in [-0.2, 0) is 4.79 Å². The van der Waals surface area contributed by atoms with Gasteiger partial charge in [0.25, 0.3) is 0 Å². The number of benzene rings is 1. The topological polar surface area (TPSA) is 55.8 Å². The van der Waals surface area contributed by atoms with Crippen LogP contribution in [0.15, 0.2) is 24.3 Å². The van der Waals surface area contributed by atoms with E-state index in [0.29, 0.717) is 17.4 Å². The summed E-state index contributed by atoms with van der Waals surface area (Å²) in [4.78, 5) is 10.9. The first-order valence-electron chi connectivity index (χ1n) is 5.82. The van der Waals surface area contributed by atoms with Gasteiger partial charge in [0.05, 0.1) is 14.2 Å². The molecule has 1 saturated carbocycles. The van der Waals surface area contributed by atoms with Gasteiger partial charge in [-0.3, -0.25) is 0 Å². The smallest absolute Gasteiger partial charge is 0.328 e. The van der Waals surface area contributed by atoms with E-state index >= 15 is 0 Å². The number of hydrogen-bond donors (Lipinski definition) is 1. The molecule has 1 aliphatic carbocycles. The van der Waals surface area contributed by atoms with Crippen LogP contribution in [0.2, 0.25) is 0 Å². The second kappa shape index (κ2) is 5.12. The number of methoxy groups -OCH3 is 2. The monoisotopic (exact) mass is 248 g/mol. The van der Waals surface area contributed by atoms with Gasteiger partial charge in [0.15, 0.2) is 11.5 Å². The van der Waals surface area contributed by atoms with Crippen molar-refractivity contribution in [2.45, 2.75) is 12.8 Å². The SMILES string of the molecule is COc1ccc(/C(=C\C(=O)O)C2CC2)cc1OC. The van der Waals surface area contributed by atoms with Crippen LogP contribution in [0.5, 0.6) is 11.5 Å². The first kappa shape index (κ1) is 12.5. The summed E-state index contributed by atoms with van der Waals surface area (Å²) < 4.78 is 10.4. The zero-order valence-electron chi connectivity index (χ0n) is 10.5. The van der Waals surface area contributed by atoms with Crippen LogP contribution in [0.25, 0.3) is 5.57 Å². The van der Waals surface area contributed by atoms with E-state index in [-0.39, 0.29) is 0 Å². The molecule has 1 N–H and O–H groups in total. The van der Waals surface area contributed by atoms with E-state index in [1.54, 1.807) is 20.3 Å². The highest BCUT2D eigenvalue weighted by atomic mass is 16.5. The zero-order valence-corrected chi connectivity index (χ0v) is 10.5. The maximum atomic E-state index is 10.9. The van der Waals surface area contributed by atoms with Crippen molar-refractivity contribution in [1.82, 2.24) is 0 Å². The molecule has 0 atom stereocenters. The Hall–Kier alpha value is -1.97. The van der Waals surface area contributed by atoms with Crippen molar-refractivity contribution in [2.75, 3.05) is 14.2 Å². The number of rotatable bonds is 5. The predicted molar refractivity (Wildman–Crippen MR) is 67.9 cm³/mol. The lowest BCUT2D eigenvalue weighted by atomic mass is 10.0. The summed E-state index contributed by atoms with van der Waals surface area (Å²) in [7, 11) is 3.14. The molecule has 0 unspecified atom stereocenters. The minimum Gasteiger partial charge on any atom is -0.493 e. The first-order valence-corrected chi connectivity index (χ1v) is 5.82. The zero-order chi connectivity index (χ0) is 13.1. The van der Waals surface area contributed by atoms with E-state index in [0.717, 1.165) is 24.0 Å². The third kappa shape index (κ3) is 2.64. The maximum Gasteiger partial charge on any atom is 0.328 e. The summed E-state index contributed by atoms with van der Waals surface area (Å²) in [6, 6.07) is 5.49. The Morgan fingerprint density at radius 3 is 2.44 bits per heavy atom. The van der Waals surface area contributed by atoms with Crippen LogP contribution in [0.3, 0.4) is 0 Å². The highest BCUT2D eigenvalue weighted by molar-refractivity contribution is 5.91. The molecular formula is C14H16O4. The van der Waals surface area contributed by atoms with Gasteiger partial charge in [0.2, 0.25) is 0 Å². The van der Waals surface area contributed by atoms with Crippen LogP contribution in [0.1, 0.15) is 18.4 Å². The minimum absolute atomic E-state index is 0.360. The Labute approximate surface area is 106 Å². The molecule has 1 aliphatic rings. The van der Waals surface area contributed by atoms with Crippen LogP contribution in [-0.4, -0.2) is 25.3 Å². The fraction of sp³-hybridized carbons (Fsp3) is 0.357. The molecule has 0 aliphatic heterocycles. The second-order valence-corrected chi connectivity index (χ2v) is 4.28. The lowest BCUT2D eigenvalue weighted by molar-refractivity contribution is -0.131. The summed E-state index contributed by atoms with van der Waals surface area (Å²) in [5, 5.41) is 8.92. The number of carboxylic acid groups (broad SMARTS) is 1. The lowest BCUT2D eigenvalue weighted by Crippen LogP contribution is -1.96. The van der Waals surface area contributed by atoms with E-state index in [9.17, 15) is 4.79 Å². The van der Waals surface area contributed by atoms with Gasteiger partial charge in [-0.2, -0.15) is 0 Å². The first-order chi connectivity index (χ1) is 8.65. The largest absolute Gasteiger partial charge is 0.493 e. The molecule has 1 aromatic rings. The molecule has 4 nitrogen and oxygen atoms in total. The fourth-order valence-corrected chi connectivity index (χ4v) is 1.98. The average molecular weight is 248 g/mol. The molecule has 0 saturated heterocycles. The molecule has 2 rings (SSSR count). The minimum atomic E-state index is -0.910. The molecule has 4 heteroatoms. The lowest BCUT2D eigenvalue weighted by Gasteiger charge is -2.11. The number of hydrogen-bond acceptors (Lipinski definition) is 3. The van der Waals surface area contributed by atoms with E-state index in [1.807, 2.05) is 12.1 Å². The average Bonchev–Trinajstić information content (AvgIpc) is 3.19. The Morgan fingerprint density at radius 1 is 1.28 bits per heavy atom. The van der Waals surface area contributed by atoms with E-state index in [2.05, 4.69) is 0 Å². The maximum absolute atomic E-state index is 10.9. The van der Waals surface area contributed by atoms with E-state index in [4.69, 9.17) is 14.6 Å². The molecule has 0 radical (unpaired) electrons. The molecule has 18 heavy (non-hydrogen) atoms. The van der Waals surface area contributed by atoms with Crippen molar-refractivity contribution < 1.29 is 19.4 Å². The van der Waals surface area contributed by atoms with E-state index in [1.165, 1.54) is 6.08 Å².